The highest BCUT2D eigenvalue weighted by molar-refractivity contribution is 7.09. The number of halogens is 1. The van der Waals surface area contributed by atoms with Crippen molar-refractivity contribution < 1.29 is 18.8 Å². The summed E-state index contributed by atoms with van der Waals surface area (Å²) >= 11 is 1.18. The van der Waals surface area contributed by atoms with Gasteiger partial charge in [0.15, 0.2) is 5.82 Å². The molecule has 0 amide bonds. The molecule has 7 nitrogen and oxygen atoms in total. The number of aliphatic hydroxyl groups is 1. The summed E-state index contributed by atoms with van der Waals surface area (Å²) in [6.45, 7) is 6.51. The number of rotatable bonds is 3. The van der Waals surface area contributed by atoms with E-state index in [9.17, 15) is 5.11 Å². The lowest BCUT2D eigenvalue weighted by Crippen LogP contribution is -2.46. The summed E-state index contributed by atoms with van der Waals surface area (Å²) in [6, 6.07) is 1.74. The zero-order valence-corrected chi connectivity index (χ0v) is 15.5. The van der Waals surface area contributed by atoms with E-state index in [1.165, 1.54) is 11.5 Å². The minimum atomic E-state index is -0.512. The second-order valence-electron chi connectivity index (χ2n) is 6.61. The molecule has 3 aromatic rings. The lowest BCUT2D eigenvalue weighted by molar-refractivity contribution is -0.00549. The van der Waals surface area contributed by atoms with Crippen molar-refractivity contribution in [3.05, 3.63) is 23.1 Å². The molecule has 4 rings (SSSR count). The quantitative estimate of drug-likeness (QED) is 0.750. The van der Waals surface area contributed by atoms with E-state index in [1.54, 1.807) is 6.07 Å². The lowest BCUT2D eigenvalue weighted by atomic mass is 10.0. The Kier molecular flexibility index (Phi) is 4.37. The van der Waals surface area contributed by atoms with Gasteiger partial charge in [-0.2, -0.15) is 0 Å². The number of aromatic nitrogens is 3. The Morgan fingerprint density at radius 3 is 2.69 bits per heavy atom. The highest BCUT2D eigenvalue weighted by Gasteiger charge is 2.29. The predicted molar refractivity (Wildman–Crippen MR) is 95.8 cm³/mol. The molecule has 2 aromatic heterocycles. The number of nitrogens with zero attached hydrogens (tertiary/aromatic N) is 4. The van der Waals surface area contributed by atoms with Gasteiger partial charge in [-0.15, -0.1) is 5.10 Å². The maximum Gasteiger partial charge on any atom is 0.205 e. The van der Waals surface area contributed by atoms with Crippen molar-refractivity contribution in [3.8, 4) is 10.6 Å². The van der Waals surface area contributed by atoms with E-state index in [-0.39, 0.29) is 24.4 Å². The molecule has 0 saturated carbocycles. The number of fused-ring (bicyclic) bond motifs is 1. The highest BCUT2D eigenvalue weighted by Crippen LogP contribution is 2.39. The van der Waals surface area contributed by atoms with E-state index in [1.807, 2.05) is 25.7 Å². The molecular weight excluding hydrogens is 359 g/mol. The van der Waals surface area contributed by atoms with Crippen LogP contribution in [0.5, 0.6) is 0 Å². The molecule has 1 N–H and O–H groups in total. The van der Waals surface area contributed by atoms with Gasteiger partial charge < -0.3 is 19.3 Å². The van der Waals surface area contributed by atoms with Gasteiger partial charge in [0.2, 0.25) is 5.58 Å². The molecular formula is C17H19FN4O3S. The average Bonchev–Trinajstić information content (AvgIpc) is 3.19. The fraction of sp³-hybridized carbons (Fsp3) is 0.471. The van der Waals surface area contributed by atoms with Crippen LogP contribution >= 0.6 is 11.5 Å². The Balaban J connectivity index is 1.88. The van der Waals surface area contributed by atoms with Crippen molar-refractivity contribution >= 4 is 28.2 Å². The summed E-state index contributed by atoms with van der Waals surface area (Å²) < 4.78 is 30.3. The standard InChI is InChI=1S/C17H19FN4O3S/c1-8-5-22(6-9(2)24-8)15-11(7-23)4-12-14(17-10(3)19-21-26-17)20-25-16(12)13(15)18/h4,8-9,23H,5-7H2,1-3H3. The van der Waals surface area contributed by atoms with Gasteiger partial charge in [-0.1, -0.05) is 9.64 Å². The van der Waals surface area contributed by atoms with E-state index in [4.69, 9.17) is 9.26 Å². The average molecular weight is 378 g/mol. The van der Waals surface area contributed by atoms with Crippen molar-refractivity contribution in [2.75, 3.05) is 18.0 Å². The summed E-state index contributed by atoms with van der Waals surface area (Å²) in [7, 11) is 0. The van der Waals surface area contributed by atoms with Gasteiger partial charge in [-0.25, -0.2) is 4.39 Å². The van der Waals surface area contributed by atoms with Gasteiger partial charge in [0.05, 0.1) is 35.6 Å². The Bertz CT molecular complexity index is 947. The van der Waals surface area contributed by atoms with Gasteiger partial charge in [0, 0.05) is 18.7 Å². The van der Waals surface area contributed by atoms with Crippen molar-refractivity contribution in [2.45, 2.75) is 39.6 Å². The minimum absolute atomic E-state index is 0.0309. The van der Waals surface area contributed by atoms with Crippen molar-refractivity contribution in [1.82, 2.24) is 14.7 Å². The third kappa shape index (κ3) is 2.76. The molecule has 1 fully saturated rings. The van der Waals surface area contributed by atoms with Gasteiger partial charge in [-0.3, -0.25) is 0 Å². The second kappa shape index (κ2) is 6.57. The number of morpholine rings is 1. The van der Waals surface area contributed by atoms with E-state index < -0.39 is 5.82 Å². The Hall–Kier alpha value is -2.10. The van der Waals surface area contributed by atoms with Crippen molar-refractivity contribution in [1.29, 1.82) is 0 Å². The van der Waals surface area contributed by atoms with Crippen LogP contribution in [0.15, 0.2) is 10.6 Å². The SMILES string of the molecule is Cc1nnsc1-c1noc2c(F)c(N3CC(C)OC(C)C3)c(CO)cc12. The Morgan fingerprint density at radius 2 is 2.08 bits per heavy atom. The Morgan fingerprint density at radius 1 is 1.35 bits per heavy atom. The number of aliphatic hydroxyl groups excluding tert-OH is 1. The molecule has 1 aromatic carbocycles. The maximum atomic E-state index is 15.4. The van der Waals surface area contributed by atoms with Gasteiger partial charge in [0.25, 0.3) is 0 Å². The molecule has 2 unspecified atom stereocenters. The minimum Gasteiger partial charge on any atom is -0.392 e. The summed E-state index contributed by atoms with van der Waals surface area (Å²) in [4.78, 5) is 2.63. The number of anilines is 1. The van der Waals surface area contributed by atoms with Gasteiger partial charge in [-0.05, 0) is 38.4 Å². The molecule has 9 heteroatoms. The van der Waals surface area contributed by atoms with Gasteiger partial charge in [0.1, 0.15) is 10.6 Å². The van der Waals surface area contributed by atoms with E-state index >= 15 is 4.39 Å². The number of hydrogen-bond acceptors (Lipinski definition) is 8. The zero-order chi connectivity index (χ0) is 18.4. The fourth-order valence-electron chi connectivity index (χ4n) is 3.52. The molecule has 2 atom stereocenters. The van der Waals surface area contributed by atoms with Crippen LogP contribution in [0.25, 0.3) is 21.5 Å². The lowest BCUT2D eigenvalue weighted by Gasteiger charge is -2.37. The first kappa shape index (κ1) is 17.3. The molecule has 1 aliphatic heterocycles. The molecule has 0 radical (unpaired) electrons. The van der Waals surface area contributed by atoms with Crippen LogP contribution in [0.2, 0.25) is 0 Å². The summed E-state index contributed by atoms with van der Waals surface area (Å²) in [5.74, 6) is -0.512. The number of benzene rings is 1. The van der Waals surface area contributed by atoms with Crippen LogP contribution in [-0.4, -0.2) is 45.1 Å². The molecule has 1 saturated heterocycles. The first-order chi connectivity index (χ1) is 12.5. The summed E-state index contributed by atoms with van der Waals surface area (Å²) in [5.41, 5.74) is 2.12. The number of aryl methyl sites for hydroxylation is 1. The molecule has 26 heavy (non-hydrogen) atoms. The monoisotopic (exact) mass is 378 g/mol. The molecule has 3 heterocycles. The van der Waals surface area contributed by atoms with Crippen molar-refractivity contribution in [2.24, 2.45) is 0 Å². The molecule has 1 aliphatic rings. The second-order valence-corrected chi connectivity index (χ2v) is 7.37. The van der Waals surface area contributed by atoms with Crippen LogP contribution in [0, 0.1) is 12.7 Å². The largest absolute Gasteiger partial charge is 0.392 e. The van der Waals surface area contributed by atoms with E-state index in [0.717, 1.165) is 4.88 Å². The first-order valence-electron chi connectivity index (χ1n) is 8.41. The molecule has 0 aliphatic carbocycles. The number of hydrogen-bond donors (Lipinski definition) is 1. The third-order valence-corrected chi connectivity index (χ3v) is 5.37. The van der Waals surface area contributed by atoms with E-state index in [0.29, 0.717) is 41.1 Å². The van der Waals surface area contributed by atoms with Crippen LogP contribution in [0.3, 0.4) is 0 Å². The predicted octanol–water partition coefficient (Wildman–Crippen LogP) is 2.90. The molecule has 0 bridgehead atoms. The summed E-state index contributed by atoms with van der Waals surface area (Å²) in [6.07, 6.45) is -0.0619. The topological polar surface area (TPSA) is 84.5 Å². The highest BCUT2D eigenvalue weighted by atomic mass is 32.1. The third-order valence-electron chi connectivity index (χ3n) is 4.53. The Labute approximate surface area is 153 Å². The first-order valence-corrected chi connectivity index (χ1v) is 9.18. The van der Waals surface area contributed by atoms with Crippen molar-refractivity contribution in [3.63, 3.8) is 0 Å². The normalized spacial score (nSPS) is 20.9. The van der Waals surface area contributed by atoms with Crippen LogP contribution in [-0.2, 0) is 11.3 Å². The molecule has 138 valence electrons. The number of ether oxygens (including phenoxy) is 1. The van der Waals surface area contributed by atoms with E-state index in [2.05, 4.69) is 14.7 Å². The van der Waals surface area contributed by atoms with Crippen LogP contribution in [0.4, 0.5) is 10.1 Å². The van der Waals surface area contributed by atoms with Gasteiger partial charge >= 0.3 is 0 Å². The molecule has 0 spiro atoms. The maximum absolute atomic E-state index is 15.4. The van der Waals surface area contributed by atoms with Crippen LogP contribution in [0.1, 0.15) is 25.1 Å². The fourth-order valence-corrected chi connectivity index (χ4v) is 4.17. The smallest absolute Gasteiger partial charge is 0.205 e. The zero-order valence-electron chi connectivity index (χ0n) is 14.7. The van der Waals surface area contributed by atoms with Crippen LogP contribution < -0.4 is 4.90 Å². The summed E-state index contributed by atoms with van der Waals surface area (Å²) in [5, 5.41) is 18.4.